The third kappa shape index (κ3) is 7.50. The molecule has 2 atom stereocenters. The number of nitrogens with one attached hydrogen (secondary N) is 3. The van der Waals surface area contributed by atoms with E-state index < -0.39 is 29.2 Å². The predicted octanol–water partition coefficient (Wildman–Crippen LogP) is 4.14. The Bertz CT molecular complexity index is 1590. The first-order valence-electron chi connectivity index (χ1n) is 12.9. The van der Waals surface area contributed by atoms with Gasteiger partial charge in [0.05, 0.1) is 36.5 Å². The predicted molar refractivity (Wildman–Crippen MR) is 157 cm³/mol. The zero-order chi connectivity index (χ0) is 31.1. The van der Waals surface area contributed by atoms with Crippen LogP contribution in [0, 0.1) is 10.1 Å². The molecule has 2 aromatic carbocycles. The number of rotatable bonds is 12. The second-order valence-electron chi connectivity index (χ2n) is 9.04. The number of allylic oxidation sites excluding steroid dienone is 1. The van der Waals surface area contributed by atoms with E-state index in [1.165, 1.54) is 25.5 Å². The lowest BCUT2D eigenvalue weighted by Gasteiger charge is -2.28. The molecule has 0 spiro atoms. The van der Waals surface area contributed by atoms with E-state index in [2.05, 4.69) is 37.1 Å². The summed E-state index contributed by atoms with van der Waals surface area (Å²) >= 11 is 3.32. The summed E-state index contributed by atoms with van der Waals surface area (Å²) in [6, 6.07) is 11.3. The molecule has 0 saturated heterocycles. The van der Waals surface area contributed by atoms with Crippen molar-refractivity contribution < 1.29 is 38.2 Å². The number of carbonyl (C=O) groups is 2. The average molecular weight is 658 g/mol. The van der Waals surface area contributed by atoms with Crippen molar-refractivity contribution in [1.82, 2.24) is 16.1 Å². The normalized spacial score (nSPS) is 15.5. The number of nitro groups is 1. The van der Waals surface area contributed by atoms with Crippen LogP contribution >= 0.6 is 15.9 Å². The van der Waals surface area contributed by atoms with Gasteiger partial charge in [-0.15, -0.1) is 0 Å². The Morgan fingerprint density at radius 3 is 2.72 bits per heavy atom. The standard InChI is InChI=1S/C28H28BrN5O9/c1-4-41-23-11-16(26-25(27(36)40-3)15(2)31-28(37)32-26)5-9-22(23)42-14-24(35)33-30-13-18-7-10-21(43-18)19-8-6-17(34(38)39)12-20(19)29/h5-13,24,26,33,35H,4,14H2,1-3H3,(H2,31,32,37)/b30-13+/t24-,26+/m1/s1. The Labute approximate surface area is 254 Å². The lowest BCUT2D eigenvalue weighted by atomic mass is 9.95. The maximum atomic E-state index is 12.4. The third-order valence-electron chi connectivity index (χ3n) is 6.14. The number of amides is 2. The largest absolute Gasteiger partial charge is 0.490 e. The van der Waals surface area contributed by atoms with Crippen LogP contribution in [0.4, 0.5) is 10.5 Å². The van der Waals surface area contributed by atoms with Crippen LogP contribution in [0.15, 0.2) is 73.8 Å². The number of aliphatic hydroxyl groups is 1. The minimum atomic E-state index is -1.20. The van der Waals surface area contributed by atoms with Crippen molar-refractivity contribution in [3.63, 3.8) is 0 Å². The molecule has 4 N–H and O–H groups in total. The molecule has 1 aliphatic rings. The van der Waals surface area contributed by atoms with Crippen LogP contribution in [0.1, 0.15) is 31.2 Å². The monoisotopic (exact) mass is 657 g/mol. The van der Waals surface area contributed by atoms with Crippen LogP contribution in [-0.4, -0.2) is 54.8 Å². The van der Waals surface area contributed by atoms with Crippen molar-refractivity contribution in [2.45, 2.75) is 26.1 Å². The summed E-state index contributed by atoms with van der Waals surface area (Å²) < 4.78 is 22.6. The van der Waals surface area contributed by atoms with Crippen molar-refractivity contribution in [3.05, 3.63) is 85.7 Å². The molecular weight excluding hydrogens is 630 g/mol. The highest BCUT2D eigenvalue weighted by molar-refractivity contribution is 9.10. The summed E-state index contributed by atoms with van der Waals surface area (Å²) in [6.45, 7) is 3.51. The van der Waals surface area contributed by atoms with Crippen LogP contribution in [0.2, 0.25) is 0 Å². The smallest absolute Gasteiger partial charge is 0.337 e. The number of hydrogen-bond acceptors (Lipinski definition) is 11. The van der Waals surface area contributed by atoms with E-state index in [1.807, 2.05) is 0 Å². The Hall–Kier alpha value is -4.89. The van der Waals surface area contributed by atoms with Crippen molar-refractivity contribution in [2.24, 2.45) is 5.10 Å². The van der Waals surface area contributed by atoms with Crippen LogP contribution in [0.25, 0.3) is 11.3 Å². The zero-order valence-corrected chi connectivity index (χ0v) is 24.8. The van der Waals surface area contributed by atoms with Gasteiger partial charge >= 0.3 is 12.0 Å². The highest BCUT2D eigenvalue weighted by Crippen LogP contribution is 2.35. The molecular formula is C28H28BrN5O9. The molecule has 0 radical (unpaired) electrons. The second-order valence-corrected chi connectivity index (χ2v) is 9.89. The van der Waals surface area contributed by atoms with Crippen molar-refractivity contribution in [2.75, 3.05) is 20.3 Å². The Kier molecular flexibility index (Phi) is 10.0. The first-order chi connectivity index (χ1) is 20.6. The van der Waals surface area contributed by atoms with E-state index in [0.29, 0.717) is 50.9 Å². The SMILES string of the molecule is CCOc1cc([C@@H]2NC(=O)NC(C)=C2C(=O)OC)ccc1OC[C@@H](O)N/N=C/c1ccc(-c2ccc([N+](=O)[O-])cc2Br)o1. The molecule has 0 fully saturated rings. The Morgan fingerprint density at radius 2 is 2.02 bits per heavy atom. The van der Waals surface area contributed by atoms with Gasteiger partial charge in [-0.05, 0) is 65.7 Å². The number of benzene rings is 2. The molecule has 226 valence electrons. The quantitative estimate of drug-likeness (QED) is 0.0725. The third-order valence-corrected chi connectivity index (χ3v) is 6.80. The Balaban J connectivity index is 1.39. The van der Waals surface area contributed by atoms with E-state index in [0.717, 1.165) is 0 Å². The Morgan fingerprint density at radius 1 is 1.23 bits per heavy atom. The van der Waals surface area contributed by atoms with Gasteiger partial charge in [0.2, 0.25) is 0 Å². The van der Waals surface area contributed by atoms with Crippen molar-refractivity contribution in [3.8, 4) is 22.8 Å². The summed E-state index contributed by atoms with van der Waals surface area (Å²) in [5, 5.41) is 30.6. The lowest BCUT2D eigenvalue weighted by Crippen LogP contribution is -2.45. The zero-order valence-electron chi connectivity index (χ0n) is 23.3. The number of aliphatic hydroxyl groups excluding tert-OH is 1. The van der Waals surface area contributed by atoms with E-state index in [4.69, 9.17) is 18.6 Å². The number of ether oxygens (including phenoxy) is 3. The summed E-state index contributed by atoms with van der Waals surface area (Å²) in [5.74, 6) is 0.905. The van der Waals surface area contributed by atoms with E-state index in [-0.39, 0.29) is 17.9 Å². The topological polar surface area (TPSA) is 187 Å². The first-order valence-corrected chi connectivity index (χ1v) is 13.7. The molecule has 0 aliphatic carbocycles. The van der Waals surface area contributed by atoms with Crippen LogP contribution in [0.5, 0.6) is 11.5 Å². The van der Waals surface area contributed by atoms with Gasteiger partial charge in [-0.25, -0.2) is 9.59 Å². The van der Waals surface area contributed by atoms with Gasteiger partial charge in [-0.3, -0.25) is 15.5 Å². The summed E-state index contributed by atoms with van der Waals surface area (Å²) in [6.07, 6.45) is 0.151. The van der Waals surface area contributed by atoms with Gasteiger partial charge < -0.3 is 34.4 Å². The summed E-state index contributed by atoms with van der Waals surface area (Å²) in [4.78, 5) is 35.0. The highest BCUT2D eigenvalue weighted by atomic mass is 79.9. The average Bonchev–Trinajstić information content (AvgIpc) is 3.44. The maximum Gasteiger partial charge on any atom is 0.337 e. The molecule has 14 nitrogen and oxygen atoms in total. The minimum Gasteiger partial charge on any atom is -0.490 e. The molecule has 43 heavy (non-hydrogen) atoms. The van der Waals surface area contributed by atoms with E-state index in [9.17, 15) is 24.8 Å². The van der Waals surface area contributed by atoms with Gasteiger partial charge in [0.25, 0.3) is 5.69 Å². The number of hydrazone groups is 1. The minimum absolute atomic E-state index is 0.0519. The number of methoxy groups -OCH3 is 1. The van der Waals surface area contributed by atoms with Crippen LogP contribution < -0.4 is 25.5 Å². The lowest BCUT2D eigenvalue weighted by molar-refractivity contribution is -0.384. The molecule has 1 aliphatic heterocycles. The molecule has 0 unspecified atom stereocenters. The number of urea groups is 1. The summed E-state index contributed by atoms with van der Waals surface area (Å²) in [7, 11) is 1.26. The fourth-order valence-corrected chi connectivity index (χ4v) is 4.76. The number of nitro benzene ring substituents is 1. The first kappa shape index (κ1) is 31.1. The molecule has 15 heteroatoms. The molecule has 2 heterocycles. The van der Waals surface area contributed by atoms with Crippen LogP contribution in [-0.2, 0) is 9.53 Å². The fourth-order valence-electron chi connectivity index (χ4n) is 4.19. The highest BCUT2D eigenvalue weighted by Gasteiger charge is 2.32. The molecule has 4 rings (SSSR count). The van der Waals surface area contributed by atoms with Gasteiger partial charge in [0, 0.05) is 27.9 Å². The maximum absolute atomic E-state index is 12.4. The molecule has 0 saturated carbocycles. The van der Waals surface area contributed by atoms with Gasteiger partial charge in [0.1, 0.15) is 18.1 Å². The van der Waals surface area contributed by atoms with E-state index >= 15 is 0 Å². The van der Waals surface area contributed by atoms with Crippen LogP contribution in [0.3, 0.4) is 0 Å². The molecule has 0 bridgehead atoms. The van der Waals surface area contributed by atoms with Gasteiger partial charge in [0.15, 0.2) is 17.7 Å². The van der Waals surface area contributed by atoms with Gasteiger partial charge in [-0.2, -0.15) is 5.10 Å². The van der Waals surface area contributed by atoms with Crippen molar-refractivity contribution in [1.29, 1.82) is 0 Å². The second kappa shape index (κ2) is 13.8. The molecule has 2 amide bonds. The summed E-state index contributed by atoms with van der Waals surface area (Å²) in [5.41, 5.74) is 4.29. The molecule has 1 aromatic heterocycles. The number of hydrogen-bond donors (Lipinski definition) is 4. The number of carbonyl (C=O) groups excluding carboxylic acids is 2. The number of nitrogens with zero attached hydrogens (tertiary/aromatic N) is 2. The number of esters is 1. The number of non-ortho nitro benzene ring substituents is 1. The van der Waals surface area contributed by atoms with E-state index in [1.54, 1.807) is 50.2 Å². The van der Waals surface area contributed by atoms with Crippen molar-refractivity contribution >= 4 is 39.8 Å². The number of halogens is 1. The van der Waals surface area contributed by atoms with Gasteiger partial charge in [-0.1, -0.05) is 6.07 Å². The fraction of sp³-hybridized carbons (Fsp3) is 0.250. The molecule has 3 aromatic rings. The number of furan rings is 1.